The van der Waals surface area contributed by atoms with Gasteiger partial charge in [-0.3, -0.25) is 4.79 Å². The van der Waals surface area contributed by atoms with Gasteiger partial charge in [-0.25, -0.2) is 4.98 Å². The molecule has 2 N–H and O–H groups in total. The van der Waals surface area contributed by atoms with Gasteiger partial charge in [-0.15, -0.1) is 0 Å². The van der Waals surface area contributed by atoms with E-state index in [-0.39, 0.29) is 5.91 Å². The van der Waals surface area contributed by atoms with E-state index in [1.807, 2.05) is 41.9 Å². The van der Waals surface area contributed by atoms with Crippen LogP contribution in [0.3, 0.4) is 0 Å². The lowest BCUT2D eigenvalue weighted by atomic mass is 10.1. The normalized spacial score (nSPS) is 16.9. The Morgan fingerprint density at radius 2 is 2.30 bits per heavy atom. The number of rotatable bonds is 3. The van der Waals surface area contributed by atoms with Gasteiger partial charge in [0, 0.05) is 43.4 Å². The van der Waals surface area contributed by atoms with Gasteiger partial charge in [0.2, 0.25) is 0 Å². The highest BCUT2D eigenvalue weighted by atomic mass is 16.3. The Balaban J connectivity index is 1.83. The number of imidazole rings is 1. The summed E-state index contributed by atoms with van der Waals surface area (Å²) in [5, 5.41) is 12.4. The molecule has 1 aliphatic rings. The molecule has 0 saturated heterocycles. The predicted octanol–water partition coefficient (Wildman–Crippen LogP) is 1.04. The minimum Gasteiger partial charge on any atom is -0.378 e. The van der Waals surface area contributed by atoms with Crippen LogP contribution in [0, 0.1) is 0 Å². The monoisotopic (exact) mass is 272 g/mol. The van der Waals surface area contributed by atoms with E-state index in [0.29, 0.717) is 17.8 Å². The first-order valence-electron chi connectivity index (χ1n) is 6.36. The summed E-state index contributed by atoms with van der Waals surface area (Å²) in [6, 6.07) is 5.54. The maximum atomic E-state index is 11.4. The molecule has 20 heavy (non-hydrogen) atoms. The van der Waals surface area contributed by atoms with Crippen LogP contribution in [0.25, 0.3) is 0 Å². The first-order chi connectivity index (χ1) is 9.56. The molecular weight excluding hydrogens is 256 g/mol. The van der Waals surface area contributed by atoms with Gasteiger partial charge < -0.3 is 19.9 Å². The zero-order valence-corrected chi connectivity index (χ0v) is 11.4. The molecule has 0 aliphatic carbocycles. The fraction of sp³-hybridized carbons (Fsp3) is 0.286. The lowest BCUT2D eigenvalue weighted by Gasteiger charge is -2.19. The first kappa shape index (κ1) is 12.7. The molecule has 1 aromatic carbocycles. The third kappa shape index (κ3) is 2.04. The number of benzene rings is 1. The zero-order chi connectivity index (χ0) is 14.3. The van der Waals surface area contributed by atoms with Crippen LogP contribution in [0.15, 0.2) is 30.6 Å². The average molecular weight is 272 g/mol. The minimum absolute atomic E-state index is 0.371. The Morgan fingerprint density at radius 3 is 3.00 bits per heavy atom. The summed E-state index contributed by atoms with van der Waals surface area (Å²) in [4.78, 5) is 17.8. The summed E-state index contributed by atoms with van der Waals surface area (Å²) in [6.45, 7) is 0.665. The van der Waals surface area contributed by atoms with E-state index in [1.165, 1.54) is 0 Å². The third-order valence-corrected chi connectivity index (χ3v) is 3.58. The van der Waals surface area contributed by atoms with Crippen molar-refractivity contribution in [1.29, 1.82) is 0 Å². The average Bonchev–Trinajstić information content (AvgIpc) is 2.95. The lowest BCUT2D eigenvalue weighted by Crippen LogP contribution is -2.19. The van der Waals surface area contributed by atoms with E-state index in [1.54, 1.807) is 12.3 Å². The maximum Gasteiger partial charge on any atom is 0.257 e. The molecule has 1 unspecified atom stereocenters. The number of hydrogen-bond donors (Lipinski definition) is 2. The number of fused-ring (bicyclic) bond motifs is 1. The molecule has 1 aromatic heterocycles. The van der Waals surface area contributed by atoms with Crippen molar-refractivity contribution in [2.75, 3.05) is 17.3 Å². The number of carbonyl (C=O) groups excluding carboxylic acids is 1. The lowest BCUT2D eigenvalue weighted by molar-refractivity contribution is -0.123. The van der Waals surface area contributed by atoms with Crippen molar-refractivity contribution >= 4 is 17.3 Å². The van der Waals surface area contributed by atoms with Gasteiger partial charge >= 0.3 is 0 Å². The van der Waals surface area contributed by atoms with Gasteiger partial charge in [0.15, 0.2) is 6.10 Å². The van der Waals surface area contributed by atoms with Crippen molar-refractivity contribution < 1.29 is 9.90 Å². The molecule has 0 saturated carbocycles. The summed E-state index contributed by atoms with van der Waals surface area (Å²) >= 11 is 0. The number of nitrogens with one attached hydrogen (secondary N) is 1. The number of aromatic nitrogens is 2. The van der Waals surface area contributed by atoms with Gasteiger partial charge in [0.1, 0.15) is 5.82 Å². The Kier molecular flexibility index (Phi) is 2.94. The van der Waals surface area contributed by atoms with Crippen LogP contribution >= 0.6 is 0 Å². The highest BCUT2D eigenvalue weighted by Gasteiger charge is 2.28. The number of amides is 1. The number of aliphatic hydroxyl groups excluding tert-OH is 1. The highest BCUT2D eigenvalue weighted by molar-refractivity contribution is 6.02. The summed E-state index contributed by atoms with van der Waals surface area (Å²) in [5.74, 6) is 0.584. The molecule has 0 radical (unpaired) electrons. The summed E-state index contributed by atoms with van der Waals surface area (Å²) in [5.41, 5.74) is 2.26. The number of carbonyl (C=O) groups is 1. The molecule has 3 rings (SSSR count). The smallest absolute Gasteiger partial charge is 0.257 e. The maximum absolute atomic E-state index is 11.4. The largest absolute Gasteiger partial charge is 0.378 e. The van der Waals surface area contributed by atoms with E-state index in [2.05, 4.69) is 10.3 Å². The van der Waals surface area contributed by atoms with Crippen molar-refractivity contribution in [3.8, 4) is 0 Å². The first-order valence-corrected chi connectivity index (χ1v) is 6.36. The Morgan fingerprint density at radius 1 is 1.50 bits per heavy atom. The molecule has 6 heteroatoms. The number of nitrogens with zero attached hydrogens (tertiary/aromatic N) is 3. The summed E-state index contributed by atoms with van der Waals surface area (Å²) < 4.78 is 1.97. The molecule has 2 heterocycles. The third-order valence-electron chi connectivity index (χ3n) is 3.58. The molecule has 0 bridgehead atoms. The van der Waals surface area contributed by atoms with Gasteiger partial charge in [-0.1, -0.05) is 6.07 Å². The number of anilines is 2. The van der Waals surface area contributed by atoms with Crippen LogP contribution in [-0.4, -0.2) is 27.6 Å². The predicted molar refractivity (Wildman–Crippen MR) is 75.3 cm³/mol. The van der Waals surface area contributed by atoms with Crippen LogP contribution < -0.4 is 10.2 Å². The Bertz CT molecular complexity index is 665. The van der Waals surface area contributed by atoms with Gasteiger partial charge in [0.05, 0.1) is 6.54 Å². The summed E-state index contributed by atoms with van der Waals surface area (Å²) in [6.07, 6.45) is 2.61. The summed E-state index contributed by atoms with van der Waals surface area (Å²) in [7, 11) is 3.92. The molecular formula is C14H16N4O2. The molecule has 6 nitrogen and oxygen atoms in total. The Hall–Kier alpha value is -2.34. The number of hydrogen-bond acceptors (Lipinski definition) is 4. The fourth-order valence-electron chi connectivity index (χ4n) is 2.32. The molecule has 2 aromatic rings. The SMILES string of the molecule is CN(Cc1nccn1C)c1ccc2c(c1)NC(=O)C2O. The van der Waals surface area contributed by atoms with Gasteiger partial charge in [-0.05, 0) is 12.1 Å². The van der Waals surface area contributed by atoms with E-state index in [9.17, 15) is 9.90 Å². The van der Waals surface area contributed by atoms with Gasteiger partial charge in [0.25, 0.3) is 5.91 Å². The van der Waals surface area contributed by atoms with Crippen LogP contribution in [0.5, 0.6) is 0 Å². The zero-order valence-electron chi connectivity index (χ0n) is 11.4. The number of aryl methyl sites for hydroxylation is 1. The van der Waals surface area contributed by atoms with Crippen LogP contribution in [0.1, 0.15) is 17.5 Å². The van der Waals surface area contributed by atoms with Crippen LogP contribution in [0.2, 0.25) is 0 Å². The quantitative estimate of drug-likeness (QED) is 0.876. The Labute approximate surface area is 116 Å². The second kappa shape index (κ2) is 4.64. The number of aliphatic hydroxyl groups is 1. The van der Waals surface area contributed by atoms with Crippen molar-refractivity contribution in [2.45, 2.75) is 12.6 Å². The topological polar surface area (TPSA) is 70.4 Å². The van der Waals surface area contributed by atoms with Crippen LogP contribution in [-0.2, 0) is 18.4 Å². The van der Waals surface area contributed by atoms with Gasteiger partial charge in [-0.2, -0.15) is 0 Å². The second-order valence-corrected chi connectivity index (χ2v) is 4.97. The molecule has 1 aliphatic heterocycles. The van der Waals surface area contributed by atoms with Crippen molar-refractivity contribution in [3.63, 3.8) is 0 Å². The molecule has 104 valence electrons. The van der Waals surface area contributed by atoms with E-state index in [0.717, 1.165) is 11.5 Å². The van der Waals surface area contributed by atoms with Crippen LogP contribution in [0.4, 0.5) is 11.4 Å². The molecule has 0 spiro atoms. The molecule has 0 fully saturated rings. The standard InChI is InChI=1S/C14H16N4O2/c1-17-6-5-15-12(17)8-18(2)9-3-4-10-11(7-9)16-14(20)13(10)19/h3-7,13,19H,8H2,1-2H3,(H,16,20). The molecule has 1 amide bonds. The minimum atomic E-state index is -1.06. The fourth-order valence-corrected chi connectivity index (χ4v) is 2.32. The highest BCUT2D eigenvalue weighted by Crippen LogP contribution is 2.33. The van der Waals surface area contributed by atoms with E-state index >= 15 is 0 Å². The van der Waals surface area contributed by atoms with Crippen molar-refractivity contribution in [1.82, 2.24) is 9.55 Å². The van der Waals surface area contributed by atoms with E-state index < -0.39 is 6.10 Å². The van der Waals surface area contributed by atoms with Crippen molar-refractivity contribution in [3.05, 3.63) is 42.0 Å². The second-order valence-electron chi connectivity index (χ2n) is 4.97. The van der Waals surface area contributed by atoms with E-state index in [4.69, 9.17) is 0 Å². The van der Waals surface area contributed by atoms with Crippen molar-refractivity contribution in [2.24, 2.45) is 7.05 Å². The molecule has 1 atom stereocenters.